The van der Waals surface area contributed by atoms with Gasteiger partial charge in [0.15, 0.2) is 0 Å². The fourth-order valence-corrected chi connectivity index (χ4v) is 0.254. The van der Waals surface area contributed by atoms with Gasteiger partial charge in [0, 0.05) is 5.57 Å². The first-order valence-corrected chi connectivity index (χ1v) is 4.86. The van der Waals surface area contributed by atoms with Gasteiger partial charge in [-0.3, -0.25) is 0 Å². The summed E-state index contributed by atoms with van der Waals surface area (Å²) in [5.74, 6) is -0.312. The minimum absolute atomic E-state index is 0.312. The number of carbonyl (C=O) groups excluding carboxylic acids is 1. The first kappa shape index (κ1) is 14.8. The number of ether oxygens (including phenoxy) is 1. The van der Waals surface area contributed by atoms with E-state index < -0.39 is 7.82 Å². The van der Waals surface area contributed by atoms with Gasteiger partial charge in [-0.15, -0.1) is 0 Å². The SMILES string of the molecule is C=C(C)C(=O)OCC.O=P(O)(O)O. The molecule has 0 rings (SSSR count). The van der Waals surface area contributed by atoms with Gasteiger partial charge in [0.05, 0.1) is 6.61 Å². The maximum Gasteiger partial charge on any atom is 0.466 e. The highest BCUT2D eigenvalue weighted by atomic mass is 31.2. The van der Waals surface area contributed by atoms with Gasteiger partial charge >= 0.3 is 13.8 Å². The summed E-state index contributed by atoms with van der Waals surface area (Å²) in [4.78, 5) is 32.0. The standard InChI is InChI=1S/C6H10O2.H3O4P/c1-4-8-6(7)5(2)3;1-5(2,3)4/h2,4H2,1,3H3;(H3,1,2,3,4). The number of hydrogen-bond donors (Lipinski definition) is 3. The second-order valence-electron chi connectivity index (χ2n) is 2.01. The number of phosphoric acid groups is 1. The van der Waals surface area contributed by atoms with Crippen LogP contribution in [0.1, 0.15) is 13.8 Å². The van der Waals surface area contributed by atoms with Gasteiger partial charge in [-0.05, 0) is 13.8 Å². The summed E-state index contributed by atoms with van der Waals surface area (Å²) in [5.41, 5.74) is 0.451. The zero-order chi connectivity index (χ0) is 11.1. The van der Waals surface area contributed by atoms with Gasteiger partial charge in [0.1, 0.15) is 0 Å². The van der Waals surface area contributed by atoms with Gasteiger partial charge in [-0.2, -0.15) is 0 Å². The van der Waals surface area contributed by atoms with E-state index in [1.807, 2.05) is 0 Å². The van der Waals surface area contributed by atoms with E-state index in [1.165, 1.54) is 0 Å². The number of esters is 1. The molecule has 0 bridgehead atoms. The minimum atomic E-state index is -4.64. The molecule has 0 saturated carbocycles. The molecule has 0 spiro atoms. The molecule has 0 radical (unpaired) electrons. The van der Waals surface area contributed by atoms with E-state index >= 15 is 0 Å². The molecule has 0 aliphatic carbocycles. The van der Waals surface area contributed by atoms with E-state index in [1.54, 1.807) is 13.8 Å². The fourth-order valence-electron chi connectivity index (χ4n) is 0.254. The Hall–Kier alpha value is -0.680. The van der Waals surface area contributed by atoms with Gasteiger partial charge in [0.2, 0.25) is 0 Å². The summed E-state index contributed by atoms with van der Waals surface area (Å²) in [6, 6.07) is 0. The summed E-state index contributed by atoms with van der Waals surface area (Å²) in [7, 11) is -4.64. The maximum atomic E-state index is 10.4. The van der Waals surface area contributed by atoms with Gasteiger partial charge in [0.25, 0.3) is 0 Å². The van der Waals surface area contributed by atoms with Crippen molar-refractivity contribution in [2.24, 2.45) is 0 Å². The van der Waals surface area contributed by atoms with Crippen LogP contribution in [-0.4, -0.2) is 27.3 Å². The first-order valence-electron chi connectivity index (χ1n) is 3.29. The molecule has 0 amide bonds. The lowest BCUT2D eigenvalue weighted by Gasteiger charge is -1.96. The summed E-state index contributed by atoms with van der Waals surface area (Å²) in [5, 5.41) is 0. The molecule has 0 saturated heterocycles. The van der Waals surface area contributed by atoms with Crippen LogP contribution in [0.4, 0.5) is 0 Å². The lowest BCUT2D eigenvalue weighted by Crippen LogP contribution is -2.03. The third-order valence-corrected chi connectivity index (χ3v) is 0.624. The molecule has 0 heterocycles. The predicted molar refractivity (Wildman–Crippen MR) is 45.7 cm³/mol. The highest BCUT2D eigenvalue weighted by Gasteiger charge is 2.00. The van der Waals surface area contributed by atoms with Crippen LogP contribution < -0.4 is 0 Å². The first-order chi connectivity index (χ1) is 5.68. The Bertz CT molecular complexity index is 209. The van der Waals surface area contributed by atoms with E-state index in [4.69, 9.17) is 19.2 Å². The highest BCUT2D eigenvalue weighted by molar-refractivity contribution is 7.45. The second kappa shape index (κ2) is 6.80. The lowest BCUT2D eigenvalue weighted by atomic mass is 10.4. The third-order valence-electron chi connectivity index (χ3n) is 0.624. The van der Waals surface area contributed by atoms with Crippen LogP contribution >= 0.6 is 7.82 Å². The number of rotatable bonds is 2. The molecule has 6 nitrogen and oxygen atoms in total. The van der Waals surface area contributed by atoms with Crippen molar-refractivity contribution >= 4 is 13.8 Å². The average molecular weight is 212 g/mol. The Morgan fingerprint density at radius 1 is 1.46 bits per heavy atom. The van der Waals surface area contributed by atoms with Crippen molar-refractivity contribution in [1.82, 2.24) is 0 Å². The third kappa shape index (κ3) is 24.6. The molecule has 0 atom stereocenters. The van der Waals surface area contributed by atoms with Crippen molar-refractivity contribution in [3.63, 3.8) is 0 Å². The van der Waals surface area contributed by atoms with Crippen LogP contribution in [0.15, 0.2) is 12.2 Å². The van der Waals surface area contributed by atoms with Crippen molar-refractivity contribution in [2.75, 3.05) is 6.61 Å². The van der Waals surface area contributed by atoms with Crippen LogP contribution in [0.25, 0.3) is 0 Å². The summed E-state index contributed by atoms with van der Waals surface area (Å²) < 4.78 is 13.4. The topological polar surface area (TPSA) is 104 Å². The number of hydrogen-bond acceptors (Lipinski definition) is 3. The lowest BCUT2D eigenvalue weighted by molar-refractivity contribution is -0.138. The minimum Gasteiger partial charge on any atom is -0.463 e. The van der Waals surface area contributed by atoms with E-state index in [2.05, 4.69) is 11.3 Å². The van der Waals surface area contributed by atoms with Crippen molar-refractivity contribution in [2.45, 2.75) is 13.8 Å². The smallest absolute Gasteiger partial charge is 0.463 e. The Labute approximate surface area is 76.1 Å². The molecule has 78 valence electrons. The molecule has 0 aliphatic rings. The van der Waals surface area contributed by atoms with Crippen LogP contribution in [0.2, 0.25) is 0 Å². The fraction of sp³-hybridized carbons (Fsp3) is 0.500. The molecule has 0 aromatic rings. The van der Waals surface area contributed by atoms with Crippen LogP contribution in [0.3, 0.4) is 0 Å². The predicted octanol–water partition coefficient (Wildman–Crippen LogP) is 0.197. The van der Waals surface area contributed by atoms with Crippen molar-refractivity contribution < 1.29 is 28.8 Å². The summed E-state index contributed by atoms with van der Waals surface area (Å²) in [6.45, 7) is 7.21. The highest BCUT2D eigenvalue weighted by Crippen LogP contribution is 2.25. The normalized spacial score (nSPS) is 9.62. The van der Waals surface area contributed by atoms with E-state index in [-0.39, 0.29) is 5.97 Å². The van der Waals surface area contributed by atoms with Gasteiger partial charge < -0.3 is 19.4 Å². The van der Waals surface area contributed by atoms with Crippen molar-refractivity contribution in [3.05, 3.63) is 12.2 Å². The van der Waals surface area contributed by atoms with Crippen LogP contribution in [0, 0.1) is 0 Å². The Morgan fingerprint density at radius 2 is 1.77 bits per heavy atom. The van der Waals surface area contributed by atoms with Crippen LogP contribution in [-0.2, 0) is 14.1 Å². The Morgan fingerprint density at radius 3 is 1.85 bits per heavy atom. The van der Waals surface area contributed by atoms with E-state index in [9.17, 15) is 4.79 Å². The van der Waals surface area contributed by atoms with Crippen molar-refractivity contribution in [1.29, 1.82) is 0 Å². The molecule has 0 aliphatic heterocycles. The molecule has 0 aromatic heterocycles. The quantitative estimate of drug-likeness (QED) is 0.343. The largest absolute Gasteiger partial charge is 0.466 e. The Balaban J connectivity index is 0. The summed E-state index contributed by atoms with van der Waals surface area (Å²) in [6.07, 6.45) is 0. The molecule has 7 heteroatoms. The maximum absolute atomic E-state index is 10.4. The number of carbonyl (C=O) groups is 1. The second-order valence-corrected chi connectivity index (χ2v) is 3.04. The van der Waals surface area contributed by atoms with Crippen LogP contribution in [0.5, 0.6) is 0 Å². The molecule has 0 fully saturated rings. The average Bonchev–Trinajstić information content (AvgIpc) is 1.84. The van der Waals surface area contributed by atoms with E-state index in [0.717, 1.165) is 0 Å². The van der Waals surface area contributed by atoms with Crippen molar-refractivity contribution in [3.8, 4) is 0 Å². The molecule has 0 aromatic carbocycles. The molecular formula is C6H13O6P. The zero-order valence-corrected chi connectivity index (χ0v) is 8.32. The van der Waals surface area contributed by atoms with Gasteiger partial charge in [-0.1, -0.05) is 6.58 Å². The molecular weight excluding hydrogens is 199 g/mol. The Kier molecular flexibility index (Phi) is 7.75. The zero-order valence-electron chi connectivity index (χ0n) is 7.43. The monoisotopic (exact) mass is 212 g/mol. The molecule has 3 N–H and O–H groups in total. The summed E-state index contributed by atoms with van der Waals surface area (Å²) >= 11 is 0. The molecule has 0 unspecified atom stereocenters. The van der Waals surface area contributed by atoms with E-state index in [0.29, 0.717) is 12.2 Å². The van der Waals surface area contributed by atoms with Gasteiger partial charge in [-0.25, -0.2) is 9.36 Å². The molecule has 13 heavy (non-hydrogen) atoms.